The van der Waals surface area contributed by atoms with E-state index >= 15 is 0 Å². The van der Waals surface area contributed by atoms with E-state index < -0.39 is 0 Å². The van der Waals surface area contributed by atoms with Crippen LogP contribution in [0.3, 0.4) is 0 Å². The molecular formula is C9H14B2. The third-order valence-electron chi connectivity index (χ3n) is 1.83. The van der Waals surface area contributed by atoms with Crippen LogP contribution in [0, 0.1) is 6.92 Å². The second-order valence-corrected chi connectivity index (χ2v) is 2.99. The van der Waals surface area contributed by atoms with E-state index in [4.69, 9.17) is 1.37 Å². The Morgan fingerprint density at radius 1 is 1.45 bits per heavy atom. The molecule has 0 heterocycles. The first-order chi connectivity index (χ1) is 5.74. The Hall–Kier alpha value is -0.650. The maximum absolute atomic E-state index is 7.69. The third-order valence-corrected chi connectivity index (χ3v) is 1.83. The zero-order valence-electron chi connectivity index (χ0n) is 8.35. The second-order valence-electron chi connectivity index (χ2n) is 2.99. The van der Waals surface area contributed by atoms with E-state index in [0.717, 1.165) is 7.28 Å². The standard InChI is InChI=1S/C9H14B2/c1-8-3-5-9(6-4-8)11-7-10-2/h3-6,10-11H,7H2,1-2H3/i5D. The average molecular weight is 145 g/mol. The summed E-state index contributed by atoms with van der Waals surface area (Å²) >= 11 is 0. The molecule has 0 N–H and O–H groups in total. The SMILES string of the molecule is [2H]c1cc(C)ccc1BCBC. The van der Waals surface area contributed by atoms with Gasteiger partial charge in [0.25, 0.3) is 0 Å². The van der Waals surface area contributed by atoms with Crippen LogP contribution in [0.2, 0.25) is 13.0 Å². The van der Waals surface area contributed by atoms with Crippen LogP contribution in [-0.4, -0.2) is 14.6 Å². The lowest BCUT2D eigenvalue weighted by atomic mass is 9.53. The van der Waals surface area contributed by atoms with Crippen molar-refractivity contribution in [3.8, 4) is 0 Å². The third kappa shape index (κ3) is 2.83. The van der Waals surface area contributed by atoms with Crippen LogP contribution in [0.4, 0.5) is 0 Å². The molecule has 1 aromatic rings. The van der Waals surface area contributed by atoms with Crippen LogP contribution in [-0.2, 0) is 0 Å². The zero-order valence-corrected chi connectivity index (χ0v) is 7.35. The highest BCUT2D eigenvalue weighted by Gasteiger charge is 1.93. The number of hydrogen-bond donors (Lipinski definition) is 0. The van der Waals surface area contributed by atoms with E-state index in [1.165, 1.54) is 24.5 Å². The lowest BCUT2D eigenvalue weighted by Crippen LogP contribution is -2.14. The molecule has 0 nitrogen and oxygen atoms in total. The number of hydrogen-bond acceptors (Lipinski definition) is 0. The molecule has 0 fully saturated rings. The van der Waals surface area contributed by atoms with Crippen molar-refractivity contribution in [2.45, 2.75) is 20.0 Å². The van der Waals surface area contributed by atoms with Gasteiger partial charge in [0, 0.05) is 0 Å². The predicted molar refractivity (Wildman–Crippen MR) is 55.8 cm³/mol. The smallest absolute Gasteiger partial charge is 0.0971 e. The summed E-state index contributed by atoms with van der Waals surface area (Å²) in [6, 6.07) is 6.80. The van der Waals surface area contributed by atoms with Gasteiger partial charge in [-0.3, -0.25) is 0 Å². The van der Waals surface area contributed by atoms with Gasteiger partial charge in [-0.2, -0.15) is 0 Å². The largest absolute Gasteiger partial charge is 0.150 e. The van der Waals surface area contributed by atoms with Crippen molar-refractivity contribution in [3.63, 3.8) is 0 Å². The molecule has 1 aromatic carbocycles. The van der Waals surface area contributed by atoms with Gasteiger partial charge in [0.15, 0.2) is 0 Å². The van der Waals surface area contributed by atoms with Crippen molar-refractivity contribution < 1.29 is 1.37 Å². The van der Waals surface area contributed by atoms with Crippen molar-refractivity contribution in [2.24, 2.45) is 0 Å². The molecule has 0 bridgehead atoms. The van der Waals surface area contributed by atoms with E-state index in [0.29, 0.717) is 6.04 Å². The Morgan fingerprint density at radius 3 is 2.91 bits per heavy atom. The van der Waals surface area contributed by atoms with Gasteiger partial charge in [0.05, 0.1) is 1.37 Å². The summed E-state index contributed by atoms with van der Waals surface area (Å²) in [4.78, 5) is 0. The lowest BCUT2D eigenvalue weighted by molar-refractivity contribution is 1.49. The summed E-state index contributed by atoms with van der Waals surface area (Å²) in [6.07, 6.45) is 1.19. The molecule has 2 heteroatoms. The quantitative estimate of drug-likeness (QED) is 0.554. The first-order valence-electron chi connectivity index (χ1n) is 4.80. The monoisotopic (exact) mass is 145 g/mol. The number of aryl methyl sites for hydroxylation is 1. The molecule has 0 saturated heterocycles. The normalized spacial score (nSPS) is 10.5. The van der Waals surface area contributed by atoms with Gasteiger partial charge in [0.1, 0.15) is 14.6 Å². The molecule has 0 aliphatic rings. The average Bonchev–Trinajstić information content (AvgIpc) is 2.03. The highest BCUT2D eigenvalue weighted by Crippen LogP contribution is 1.92. The fourth-order valence-corrected chi connectivity index (χ4v) is 1.06. The van der Waals surface area contributed by atoms with Gasteiger partial charge >= 0.3 is 0 Å². The first-order valence-corrected chi connectivity index (χ1v) is 4.30. The molecule has 11 heavy (non-hydrogen) atoms. The molecular weight excluding hydrogens is 130 g/mol. The molecule has 0 aliphatic carbocycles. The molecule has 0 aliphatic heterocycles. The molecule has 1 rings (SSSR count). The summed E-state index contributed by atoms with van der Waals surface area (Å²) in [5.41, 5.74) is 2.36. The van der Waals surface area contributed by atoms with Gasteiger partial charge in [0.2, 0.25) is 0 Å². The van der Waals surface area contributed by atoms with Crippen molar-refractivity contribution in [1.82, 2.24) is 0 Å². The summed E-state index contributed by atoms with van der Waals surface area (Å²) in [7, 11) is 2.25. The maximum Gasteiger partial charge on any atom is 0.150 e. The first kappa shape index (κ1) is 7.02. The lowest BCUT2D eigenvalue weighted by Gasteiger charge is -1.97. The maximum atomic E-state index is 7.69. The minimum atomic E-state index is 0.698. The van der Waals surface area contributed by atoms with E-state index in [9.17, 15) is 0 Å². The predicted octanol–water partition coefficient (Wildman–Crippen LogP) is 0.917. The fourth-order valence-electron chi connectivity index (χ4n) is 1.06. The van der Waals surface area contributed by atoms with Crippen molar-refractivity contribution in [3.05, 3.63) is 29.8 Å². The Kier molecular flexibility index (Phi) is 2.73. The van der Waals surface area contributed by atoms with Gasteiger partial charge in [-0.05, 0) is 6.92 Å². The van der Waals surface area contributed by atoms with Gasteiger partial charge < -0.3 is 0 Å². The van der Waals surface area contributed by atoms with E-state index in [1.807, 2.05) is 13.0 Å². The summed E-state index contributed by atoms with van der Waals surface area (Å²) in [6.45, 7) is 4.21. The van der Waals surface area contributed by atoms with Gasteiger partial charge in [-0.25, -0.2) is 0 Å². The molecule has 0 radical (unpaired) electrons. The van der Waals surface area contributed by atoms with Gasteiger partial charge in [-0.15, -0.1) is 0 Å². The van der Waals surface area contributed by atoms with Crippen LogP contribution in [0.25, 0.3) is 0 Å². The molecule has 0 amide bonds. The van der Waals surface area contributed by atoms with Crippen LogP contribution in [0.5, 0.6) is 0 Å². The highest BCUT2D eigenvalue weighted by atomic mass is 13.8. The Bertz CT molecular complexity index is 261. The summed E-state index contributed by atoms with van der Waals surface area (Å²) < 4.78 is 7.69. The highest BCUT2D eigenvalue weighted by molar-refractivity contribution is 6.64. The van der Waals surface area contributed by atoms with Crippen LogP contribution < -0.4 is 5.46 Å². The molecule has 0 unspecified atom stereocenters. The van der Waals surface area contributed by atoms with Crippen LogP contribution in [0.15, 0.2) is 24.2 Å². The minimum Gasteiger partial charge on any atom is -0.0971 e. The van der Waals surface area contributed by atoms with Crippen molar-refractivity contribution in [1.29, 1.82) is 0 Å². The zero-order chi connectivity index (χ0) is 8.97. The Labute approximate surface area is 71.9 Å². The van der Waals surface area contributed by atoms with Crippen LogP contribution >= 0.6 is 0 Å². The van der Waals surface area contributed by atoms with Gasteiger partial charge in [-0.1, -0.05) is 48.3 Å². The molecule has 0 atom stereocenters. The summed E-state index contributed by atoms with van der Waals surface area (Å²) in [5.74, 6) is 0. The van der Waals surface area contributed by atoms with E-state index in [1.54, 1.807) is 0 Å². The van der Waals surface area contributed by atoms with E-state index in [-0.39, 0.29) is 0 Å². The molecule has 0 saturated carbocycles. The van der Waals surface area contributed by atoms with E-state index in [2.05, 4.69) is 19.0 Å². The molecule has 0 aromatic heterocycles. The van der Waals surface area contributed by atoms with Crippen molar-refractivity contribution >= 4 is 20.0 Å². The topological polar surface area (TPSA) is 0 Å². The number of rotatable bonds is 3. The number of benzene rings is 1. The Morgan fingerprint density at radius 2 is 2.27 bits per heavy atom. The van der Waals surface area contributed by atoms with Crippen molar-refractivity contribution in [2.75, 3.05) is 0 Å². The fraction of sp³-hybridized carbons (Fsp3) is 0.333. The summed E-state index contributed by atoms with van der Waals surface area (Å²) in [5, 5.41) is 0. The second kappa shape index (κ2) is 4.27. The Balaban J connectivity index is 2.72. The van der Waals surface area contributed by atoms with Crippen LogP contribution in [0.1, 0.15) is 6.93 Å². The minimum absolute atomic E-state index is 0.698. The molecule has 0 spiro atoms. The molecule has 56 valence electrons.